The highest BCUT2D eigenvalue weighted by Crippen LogP contribution is 2.17. The summed E-state index contributed by atoms with van der Waals surface area (Å²) < 4.78 is 26.8. The zero-order valence-electron chi connectivity index (χ0n) is 13.5. The van der Waals surface area contributed by atoms with E-state index in [0.717, 1.165) is 19.5 Å². The van der Waals surface area contributed by atoms with E-state index in [0.29, 0.717) is 10.8 Å². The third-order valence-corrected chi connectivity index (χ3v) is 4.74. The third-order valence-electron chi connectivity index (χ3n) is 3.12. The highest BCUT2D eigenvalue weighted by molar-refractivity contribution is 7.92. The van der Waals surface area contributed by atoms with Gasteiger partial charge < -0.3 is 10.2 Å². The quantitative estimate of drug-likeness (QED) is 0.694. The average Bonchev–Trinajstić information content (AvgIpc) is 2.53. The van der Waals surface area contributed by atoms with Gasteiger partial charge >= 0.3 is 0 Å². The molecule has 2 N–H and O–H groups in total. The van der Waals surface area contributed by atoms with Crippen molar-refractivity contribution in [2.75, 3.05) is 37.2 Å². The summed E-state index contributed by atoms with van der Waals surface area (Å²) in [7, 11) is 0.320. The van der Waals surface area contributed by atoms with E-state index >= 15 is 0 Å². The second-order valence-corrected chi connectivity index (χ2v) is 7.57. The average molecular weight is 370 g/mol. The molecular formula is C15H20ClN5O2S. The third kappa shape index (κ3) is 5.63. The molecule has 0 aliphatic heterocycles. The first-order valence-corrected chi connectivity index (χ1v) is 9.24. The topological polar surface area (TPSA) is 87.2 Å². The number of hydrogen-bond acceptors (Lipinski definition) is 6. The largest absolute Gasteiger partial charge is 0.369 e. The number of sulfonamides is 1. The number of aromatic nitrogens is 2. The summed E-state index contributed by atoms with van der Waals surface area (Å²) in [6.07, 6.45) is 0.972. The summed E-state index contributed by atoms with van der Waals surface area (Å²) in [5.74, 6) is 0.756. The van der Waals surface area contributed by atoms with Crippen LogP contribution in [0.15, 0.2) is 41.3 Å². The molecule has 0 atom stereocenters. The van der Waals surface area contributed by atoms with Crippen LogP contribution in [-0.2, 0) is 10.0 Å². The molecule has 1 aromatic carbocycles. The lowest BCUT2D eigenvalue weighted by Gasteiger charge is -2.10. The monoisotopic (exact) mass is 369 g/mol. The summed E-state index contributed by atoms with van der Waals surface area (Å²) in [4.78, 5) is 2.21. The smallest absolute Gasteiger partial charge is 0.263 e. The van der Waals surface area contributed by atoms with E-state index in [1.165, 1.54) is 24.3 Å². The fourth-order valence-corrected chi connectivity index (χ4v) is 3.03. The fraction of sp³-hybridized carbons (Fsp3) is 0.333. The van der Waals surface area contributed by atoms with Gasteiger partial charge in [-0.3, -0.25) is 4.72 Å². The van der Waals surface area contributed by atoms with Gasteiger partial charge in [-0.2, -0.15) is 0 Å². The summed E-state index contributed by atoms with van der Waals surface area (Å²) >= 11 is 5.76. The number of anilines is 2. The number of nitrogens with one attached hydrogen (secondary N) is 2. The van der Waals surface area contributed by atoms with Gasteiger partial charge in [-0.1, -0.05) is 11.6 Å². The predicted molar refractivity (Wildman–Crippen MR) is 96.0 cm³/mol. The van der Waals surface area contributed by atoms with Crippen molar-refractivity contribution in [1.82, 2.24) is 15.1 Å². The van der Waals surface area contributed by atoms with Crippen molar-refractivity contribution < 1.29 is 8.42 Å². The Morgan fingerprint density at radius 2 is 1.67 bits per heavy atom. The standard InChI is InChI=1S/C15H20ClN5O2S/c1-21(2)11-3-10-17-14-8-9-15(19-18-14)20-24(22,23)13-6-4-12(16)5-7-13/h4-9H,3,10-11H2,1-2H3,(H,17,18)(H,19,20). The molecule has 0 aliphatic rings. The molecule has 24 heavy (non-hydrogen) atoms. The van der Waals surface area contributed by atoms with Gasteiger partial charge in [0.25, 0.3) is 10.0 Å². The summed E-state index contributed by atoms with van der Waals surface area (Å²) in [5, 5.41) is 11.5. The molecule has 0 saturated heterocycles. The second kappa shape index (κ2) is 8.27. The van der Waals surface area contributed by atoms with E-state index in [-0.39, 0.29) is 10.7 Å². The molecule has 130 valence electrons. The Morgan fingerprint density at radius 1 is 1.04 bits per heavy atom. The van der Waals surface area contributed by atoms with Crippen molar-refractivity contribution in [1.29, 1.82) is 0 Å². The first kappa shape index (κ1) is 18.4. The maximum atomic E-state index is 12.2. The maximum Gasteiger partial charge on any atom is 0.263 e. The van der Waals surface area contributed by atoms with Crippen LogP contribution >= 0.6 is 11.6 Å². The van der Waals surface area contributed by atoms with Crippen molar-refractivity contribution >= 4 is 33.3 Å². The van der Waals surface area contributed by atoms with E-state index in [9.17, 15) is 8.42 Å². The lowest BCUT2D eigenvalue weighted by molar-refractivity contribution is 0.405. The van der Waals surface area contributed by atoms with Gasteiger partial charge in [-0.15, -0.1) is 10.2 Å². The molecule has 0 unspecified atom stereocenters. The van der Waals surface area contributed by atoms with Crippen LogP contribution in [0.25, 0.3) is 0 Å². The number of benzene rings is 1. The molecular weight excluding hydrogens is 350 g/mol. The number of nitrogens with zero attached hydrogens (tertiary/aromatic N) is 3. The fourth-order valence-electron chi connectivity index (χ4n) is 1.90. The van der Waals surface area contributed by atoms with E-state index in [4.69, 9.17) is 11.6 Å². The van der Waals surface area contributed by atoms with Crippen molar-refractivity contribution in [3.63, 3.8) is 0 Å². The minimum atomic E-state index is -3.71. The zero-order valence-corrected chi connectivity index (χ0v) is 15.1. The van der Waals surface area contributed by atoms with Crippen LogP contribution in [0.1, 0.15) is 6.42 Å². The first-order chi connectivity index (χ1) is 11.4. The molecule has 9 heteroatoms. The maximum absolute atomic E-state index is 12.2. The highest BCUT2D eigenvalue weighted by Gasteiger charge is 2.14. The number of halogens is 1. The molecule has 0 radical (unpaired) electrons. The molecule has 1 heterocycles. The van der Waals surface area contributed by atoms with Crippen LogP contribution in [-0.4, -0.2) is 50.7 Å². The highest BCUT2D eigenvalue weighted by atomic mass is 35.5. The summed E-state index contributed by atoms with van der Waals surface area (Å²) in [6.45, 7) is 1.74. The lowest BCUT2D eigenvalue weighted by atomic mass is 10.4. The number of hydrogen-bond donors (Lipinski definition) is 2. The van der Waals surface area contributed by atoms with Crippen LogP contribution in [0.2, 0.25) is 5.02 Å². The molecule has 0 saturated carbocycles. The van der Waals surface area contributed by atoms with Crippen molar-refractivity contribution in [3.8, 4) is 0 Å². The zero-order chi connectivity index (χ0) is 17.6. The normalized spacial score (nSPS) is 11.5. The van der Waals surface area contributed by atoms with Crippen molar-refractivity contribution in [2.24, 2.45) is 0 Å². The van der Waals surface area contributed by atoms with Crippen LogP contribution in [0.4, 0.5) is 11.6 Å². The minimum Gasteiger partial charge on any atom is -0.369 e. The Morgan fingerprint density at radius 3 is 2.25 bits per heavy atom. The molecule has 0 spiro atoms. The SMILES string of the molecule is CN(C)CCCNc1ccc(NS(=O)(=O)c2ccc(Cl)cc2)nn1. The number of rotatable bonds is 8. The van der Waals surface area contributed by atoms with Crippen LogP contribution in [0, 0.1) is 0 Å². The van der Waals surface area contributed by atoms with E-state index < -0.39 is 10.0 Å². The van der Waals surface area contributed by atoms with Gasteiger partial charge in [0.1, 0.15) is 5.82 Å². The Kier molecular flexibility index (Phi) is 6.36. The van der Waals surface area contributed by atoms with Crippen LogP contribution in [0.3, 0.4) is 0 Å². The Bertz CT molecular complexity index is 748. The Hall–Kier alpha value is -1.90. The predicted octanol–water partition coefficient (Wildman–Crippen LogP) is 2.29. The molecule has 0 amide bonds. The Labute approximate surface area is 147 Å². The molecule has 2 rings (SSSR count). The van der Waals surface area contributed by atoms with Gasteiger partial charge in [0, 0.05) is 11.6 Å². The van der Waals surface area contributed by atoms with Crippen LogP contribution < -0.4 is 10.0 Å². The van der Waals surface area contributed by atoms with E-state index in [1.807, 2.05) is 14.1 Å². The van der Waals surface area contributed by atoms with Gasteiger partial charge in [-0.05, 0) is 63.5 Å². The molecule has 2 aromatic rings. The molecule has 0 aliphatic carbocycles. The lowest BCUT2D eigenvalue weighted by Crippen LogP contribution is -2.17. The minimum absolute atomic E-state index is 0.111. The molecule has 7 nitrogen and oxygen atoms in total. The van der Waals surface area contributed by atoms with Gasteiger partial charge in [0.05, 0.1) is 4.90 Å². The van der Waals surface area contributed by atoms with Crippen LogP contribution in [0.5, 0.6) is 0 Å². The molecule has 0 fully saturated rings. The van der Waals surface area contributed by atoms with E-state index in [1.54, 1.807) is 12.1 Å². The molecule has 1 aromatic heterocycles. The van der Waals surface area contributed by atoms with Gasteiger partial charge in [-0.25, -0.2) is 8.42 Å². The molecule has 0 bridgehead atoms. The Balaban J connectivity index is 1.94. The summed E-state index contributed by atoms with van der Waals surface area (Å²) in [5.41, 5.74) is 0. The van der Waals surface area contributed by atoms with Gasteiger partial charge in [0.2, 0.25) is 0 Å². The van der Waals surface area contributed by atoms with E-state index in [2.05, 4.69) is 25.1 Å². The first-order valence-electron chi connectivity index (χ1n) is 7.37. The van der Waals surface area contributed by atoms with Crippen molar-refractivity contribution in [3.05, 3.63) is 41.4 Å². The summed E-state index contributed by atoms with van der Waals surface area (Å²) in [6, 6.07) is 9.14. The van der Waals surface area contributed by atoms with Crippen molar-refractivity contribution in [2.45, 2.75) is 11.3 Å². The second-order valence-electron chi connectivity index (χ2n) is 5.45. The van der Waals surface area contributed by atoms with Gasteiger partial charge in [0.15, 0.2) is 5.82 Å².